The summed E-state index contributed by atoms with van der Waals surface area (Å²) >= 11 is 0. The highest BCUT2D eigenvalue weighted by atomic mass is 16.5. The van der Waals surface area contributed by atoms with Gasteiger partial charge in [0.05, 0.1) is 12.7 Å². The van der Waals surface area contributed by atoms with Gasteiger partial charge in [-0.15, -0.1) is 0 Å². The Kier molecular flexibility index (Phi) is 3.55. The van der Waals surface area contributed by atoms with Crippen molar-refractivity contribution < 1.29 is 4.74 Å². The Morgan fingerprint density at radius 2 is 2.00 bits per heavy atom. The molecule has 2 rings (SSSR count). The number of aryl methyl sites for hydroxylation is 2. The molecule has 0 bridgehead atoms. The van der Waals surface area contributed by atoms with E-state index < -0.39 is 0 Å². The lowest BCUT2D eigenvalue weighted by Gasteiger charge is -2.22. The predicted octanol–water partition coefficient (Wildman–Crippen LogP) is 2.99. The van der Waals surface area contributed by atoms with Gasteiger partial charge in [-0.1, -0.05) is 32.0 Å². The second-order valence-electron chi connectivity index (χ2n) is 5.94. The molecule has 1 aliphatic heterocycles. The Hall–Kier alpha value is -0.860. The van der Waals surface area contributed by atoms with Gasteiger partial charge in [0.2, 0.25) is 0 Å². The molecule has 2 heteroatoms. The SMILES string of the molecule is Cc1ccc(C2CNCC(C)(C)CO2)cc1C. The molecule has 0 amide bonds. The molecule has 1 fully saturated rings. The molecule has 1 heterocycles. The first-order valence-corrected chi connectivity index (χ1v) is 6.37. The van der Waals surface area contributed by atoms with Crippen LogP contribution in [0.4, 0.5) is 0 Å². The molecule has 0 spiro atoms. The topological polar surface area (TPSA) is 21.3 Å². The Labute approximate surface area is 104 Å². The van der Waals surface area contributed by atoms with Crippen LogP contribution < -0.4 is 5.32 Å². The van der Waals surface area contributed by atoms with E-state index in [9.17, 15) is 0 Å². The van der Waals surface area contributed by atoms with E-state index in [1.807, 2.05) is 0 Å². The van der Waals surface area contributed by atoms with Gasteiger partial charge in [-0.3, -0.25) is 0 Å². The van der Waals surface area contributed by atoms with Crippen molar-refractivity contribution in [3.8, 4) is 0 Å². The largest absolute Gasteiger partial charge is 0.372 e. The monoisotopic (exact) mass is 233 g/mol. The first-order valence-electron chi connectivity index (χ1n) is 6.37. The molecule has 1 aromatic rings. The van der Waals surface area contributed by atoms with Crippen LogP contribution in [0.2, 0.25) is 0 Å². The lowest BCUT2D eigenvalue weighted by atomic mass is 9.95. The van der Waals surface area contributed by atoms with Gasteiger partial charge in [0.1, 0.15) is 0 Å². The maximum atomic E-state index is 6.04. The second kappa shape index (κ2) is 4.79. The maximum absolute atomic E-state index is 6.04. The summed E-state index contributed by atoms with van der Waals surface area (Å²) in [5.74, 6) is 0. The van der Waals surface area contributed by atoms with Crippen molar-refractivity contribution in [3.63, 3.8) is 0 Å². The third kappa shape index (κ3) is 3.08. The van der Waals surface area contributed by atoms with Crippen molar-refractivity contribution in [2.45, 2.75) is 33.8 Å². The highest BCUT2D eigenvalue weighted by molar-refractivity contribution is 5.31. The summed E-state index contributed by atoms with van der Waals surface area (Å²) in [7, 11) is 0. The fourth-order valence-corrected chi connectivity index (χ4v) is 2.16. The molecule has 94 valence electrons. The van der Waals surface area contributed by atoms with E-state index in [1.54, 1.807) is 0 Å². The van der Waals surface area contributed by atoms with E-state index in [2.05, 4.69) is 51.2 Å². The normalized spacial score (nSPS) is 24.4. The van der Waals surface area contributed by atoms with Crippen LogP contribution in [-0.4, -0.2) is 19.7 Å². The standard InChI is InChI=1S/C15H23NO/c1-11-5-6-13(7-12(11)2)14-8-16-9-15(3,4)10-17-14/h5-7,14,16H,8-10H2,1-4H3. The Bertz CT molecular complexity index is 398. The zero-order chi connectivity index (χ0) is 12.5. The lowest BCUT2D eigenvalue weighted by Crippen LogP contribution is -2.29. The van der Waals surface area contributed by atoms with E-state index in [4.69, 9.17) is 4.74 Å². The van der Waals surface area contributed by atoms with Crippen molar-refractivity contribution in [1.29, 1.82) is 0 Å². The van der Waals surface area contributed by atoms with Gasteiger partial charge in [-0.05, 0) is 30.5 Å². The maximum Gasteiger partial charge on any atom is 0.0949 e. The summed E-state index contributed by atoms with van der Waals surface area (Å²) in [4.78, 5) is 0. The summed E-state index contributed by atoms with van der Waals surface area (Å²) in [5, 5.41) is 3.50. The molecular formula is C15H23NO. The molecule has 1 saturated heterocycles. The van der Waals surface area contributed by atoms with Crippen LogP contribution in [0.25, 0.3) is 0 Å². The van der Waals surface area contributed by atoms with Gasteiger partial charge in [-0.25, -0.2) is 0 Å². The molecule has 1 aliphatic rings. The van der Waals surface area contributed by atoms with E-state index in [0.717, 1.165) is 19.7 Å². The quantitative estimate of drug-likeness (QED) is 0.805. The Balaban J connectivity index is 2.14. The lowest BCUT2D eigenvalue weighted by molar-refractivity contribution is 0.0259. The average Bonchev–Trinajstić information content (AvgIpc) is 2.44. The summed E-state index contributed by atoms with van der Waals surface area (Å²) in [5.41, 5.74) is 4.21. The van der Waals surface area contributed by atoms with E-state index in [1.165, 1.54) is 16.7 Å². The van der Waals surface area contributed by atoms with Crippen molar-refractivity contribution in [1.82, 2.24) is 5.32 Å². The van der Waals surface area contributed by atoms with Crippen LogP contribution in [0, 0.1) is 19.3 Å². The second-order valence-corrected chi connectivity index (χ2v) is 5.94. The predicted molar refractivity (Wildman–Crippen MR) is 71.3 cm³/mol. The zero-order valence-corrected chi connectivity index (χ0v) is 11.3. The third-order valence-electron chi connectivity index (χ3n) is 3.51. The minimum absolute atomic E-state index is 0.191. The molecule has 0 aliphatic carbocycles. The van der Waals surface area contributed by atoms with Crippen LogP contribution in [0.1, 0.15) is 36.6 Å². The summed E-state index contributed by atoms with van der Waals surface area (Å²) in [6, 6.07) is 6.62. The summed E-state index contributed by atoms with van der Waals surface area (Å²) in [6.07, 6.45) is 0.191. The molecule has 2 nitrogen and oxygen atoms in total. The van der Waals surface area contributed by atoms with Crippen molar-refractivity contribution >= 4 is 0 Å². The Morgan fingerprint density at radius 3 is 2.71 bits per heavy atom. The van der Waals surface area contributed by atoms with E-state index in [0.29, 0.717) is 0 Å². The van der Waals surface area contributed by atoms with Gasteiger partial charge in [0.15, 0.2) is 0 Å². The summed E-state index contributed by atoms with van der Waals surface area (Å²) < 4.78 is 6.04. The molecule has 1 unspecified atom stereocenters. The minimum Gasteiger partial charge on any atom is -0.372 e. The molecule has 0 radical (unpaired) electrons. The third-order valence-corrected chi connectivity index (χ3v) is 3.51. The molecule has 1 aromatic carbocycles. The number of benzene rings is 1. The Morgan fingerprint density at radius 1 is 1.24 bits per heavy atom. The van der Waals surface area contributed by atoms with E-state index in [-0.39, 0.29) is 11.5 Å². The minimum atomic E-state index is 0.191. The highest BCUT2D eigenvalue weighted by Gasteiger charge is 2.25. The average molecular weight is 233 g/mol. The molecule has 17 heavy (non-hydrogen) atoms. The fraction of sp³-hybridized carbons (Fsp3) is 0.600. The van der Waals surface area contributed by atoms with Gasteiger partial charge in [0, 0.05) is 18.5 Å². The van der Waals surface area contributed by atoms with Crippen LogP contribution in [0.3, 0.4) is 0 Å². The van der Waals surface area contributed by atoms with E-state index >= 15 is 0 Å². The molecular weight excluding hydrogens is 210 g/mol. The molecule has 0 saturated carbocycles. The van der Waals surface area contributed by atoms with Crippen molar-refractivity contribution in [2.24, 2.45) is 5.41 Å². The highest BCUT2D eigenvalue weighted by Crippen LogP contribution is 2.26. The van der Waals surface area contributed by atoms with Gasteiger partial charge >= 0.3 is 0 Å². The van der Waals surface area contributed by atoms with Gasteiger partial charge in [-0.2, -0.15) is 0 Å². The number of rotatable bonds is 1. The molecule has 1 N–H and O–H groups in total. The fourth-order valence-electron chi connectivity index (χ4n) is 2.16. The van der Waals surface area contributed by atoms with Crippen LogP contribution in [0.15, 0.2) is 18.2 Å². The van der Waals surface area contributed by atoms with Crippen LogP contribution in [0.5, 0.6) is 0 Å². The first-order chi connectivity index (χ1) is 7.98. The van der Waals surface area contributed by atoms with Gasteiger partial charge in [0.25, 0.3) is 0 Å². The number of hydrogen-bond acceptors (Lipinski definition) is 2. The number of ether oxygens (including phenoxy) is 1. The smallest absolute Gasteiger partial charge is 0.0949 e. The van der Waals surface area contributed by atoms with Crippen LogP contribution in [-0.2, 0) is 4.74 Å². The zero-order valence-electron chi connectivity index (χ0n) is 11.3. The van der Waals surface area contributed by atoms with Crippen molar-refractivity contribution in [2.75, 3.05) is 19.7 Å². The molecule has 1 atom stereocenters. The number of hydrogen-bond donors (Lipinski definition) is 1. The van der Waals surface area contributed by atoms with Crippen molar-refractivity contribution in [3.05, 3.63) is 34.9 Å². The summed E-state index contributed by atoms with van der Waals surface area (Å²) in [6.45, 7) is 11.5. The molecule has 0 aromatic heterocycles. The van der Waals surface area contributed by atoms with Crippen LogP contribution >= 0.6 is 0 Å². The first kappa shape index (κ1) is 12.6. The van der Waals surface area contributed by atoms with Gasteiger partial charge < -0.3 is 10.1 Å². The number of nitrogens with one attached hydrogen (secondary N) is 1.